The average molecular weight is 426 g/mol. The van der Waals surface area contributed by atoms with E-state index in [1.807, 2.05) is 18.2 Å². The van der Waals surface area contributed by atoms with Crippen molar-refractivity contribution < 1.29 is 14.5 Å². The van der Waals surface area contributed by atoms with Gasteiger partial charge in [-0.3, -0.25) is 14.9 Å². The number of nitrogens with zero attached hydrogens (tertiary/aromatic N) is 2. The van der Waals surface area contributed by atoms with Crippen LogP contribution in [0.1, 0.15) is 28.9 Å². The first-order valence-electron chi connectivity index (χ1n) is 8.70. The highest BCUT2D eigenvalue weighted by Gasteiger charge is 2.31. The van der Waals surface area contributed by atoms with E-state index in [4.69, 9.17) is 16.3 Å². The zero-order chi connectivity index (χ0) is 19.4. The van der Waals surface area contributed by atoms with Gasteiger partial charge in [-0.05, 0) is 30.7 Å². The zero-order valence-electron chi connectivity index (χ0n) is 15.3. The molecule has 1 heterocycles. The van der Waals surface area contributed by atoms with Gasteiger partial charge in [0.05, 0.1) is 17.6 Å². The minimum absolute atomic E-state index is 0. The van der Waals surface area contributed by atoms with E-state index >= 15 is 0 Å². The Labute approximate surface area is 174 Å². The van der Waals surface area contributed by atoms with Crippen LogP contribution in [-0.2, 0) is 0 Å². The number of rotatable bonds is 5. The van der Waals surface area contributed by atoms with Crippen molar-refractivity contribution in [2.75, 3.05) is 26.2 Å². The summed E-state index contributed by atoms with van der Waals surface area (Å²) in [6.07, 6.45) is 0. The van der Waals surface area contributed by atoms with E-state index in [0.717, 1.165) is 5.56 Å². The van der Waals surface area contributed by atoms with Crippen molar-refractivity contribution in [3.05, 3.63) is 68.7 Å². The van der Waals surface area contributed by atoms with Crippen molar-refractivity contribution in [3.63, 3.8) is 0 Å². The molecule has 0 spiro atoms. The predicted molar refractivity (Wildman–Crippen MR) is 110 cm³/mol. The van der Waals surface area contributed by atoms with Gasteiger partial charge >= 0.3 is 5.69 Å². The molecule has 1 aliphatic rings. The molecular weight excluding hydrogens is 405 g/mol. The summed E-state index contributed by atoms with van der Waals surface area (Å²) in [5.41, 5.74) is 0.886. The molecule has 1 N–H and O–H groups in total. The number of nitrogens with one attached hydrogen (secondary N) is 1. The maximum absolute atomic E-state index is 13.1. The highest BCUT2D eigenvalue weighted by molar-refractivity contribution is 6.31. The van der Waals surface area contributed by atoms with Gasteiger partial charge < -0.3 is 15.0 Å². The maximum atomic E-state index is 13.1. The summed E-state index contributed by atoms with van der Waals surface area (Å²) in [5.74, 6) is -0.116. The molecule has 3 rings (SSSR count). The van der Waals surface area contributed by atoms with E-state index in [1.165, 1.54) is 12.1 Å². The summed E-state index contributed by atoms with van der Waals surface area (Å²) < 4.78 is 5.29. The van der Waals surface area contributed by atoms with Crippen molar-refractivity contribution in [2.24, 2.45) is 0 Å². The second kappa shape index (κ2) is 9.73. The molecule has 0 saturated carbocycles. The smallest absolute Gasteiger partial charge is 0.311 e. The molecule has 7 nitrogen and oxygen atoms in total. The number of hydrogen-bond acceptors (Lipinski definition) is 5. The molecule has 28 heavy (non-hydrogen) atoms. The molecular formula is C19H21Cl2N3O4. The minimum Gasteiger partial charge on any atom is -0.487 e. The van der Waals surface area contributed by atoms with Crippen molar-refractivity contribution in [3.8, 4) is 5.75 Å². The minimum atomic E-state index is -0.537. The number of amides is 1. The van der Waals surface area contributed by atoms with Crippen molar-refractivity contribution in [1.82, 2.24) is 10.2 Å². The van der Waals surface area contributed by atoms with Crippen LogP contribution in [0.3, 0.4) is 0 Å². The molecule has 1 atom stereocenters. The van der Waals surface area contributed by atoms with Crippen LogP contribution < -0.4 is 10.1 Å². The lowest BCUT2D eigenvalue weighted by Crippen LogP contribution is -2.48. The number of piperazine rings is 1. The first kappa shape index (κ1) is 21.9. The van der Waals surface area contributed by atoms with Gasteiger partial charge in [-0.15, -0.1) is 12.4 Å². The standard InChI is InChI=1S/C19H20ClN3O4.ClH/c1-2-27-18-8-7-13(11-16(18)23(25)26)19(24)22-10-9-21-12-17(22)14-5-3-4-6-15(14)20;/h3-8,11,17,21H,2,9-10,12H2,1H3;1H. The van der Waals surface area contributed by atoms with Crippen LogP contribution in [-0.4, -0.2) is 42.0 Å². The predicted octanol–water partition coefficient (Wildman–Crippen LogP) is 3.86. The lowest BCUT2D eigenvalue weighted by Gasteiger charge is -2.37. The number of nitro groups is 1. The van der Waals surface area contributed by atoms with Gasteiger partial charge in [0, 0.05) is 36.3 Å². The van der Waals surface area contributed by atoms with Crippen LogP contribution in [0.15, 0.2) is 42.5 Å². The number of benzene rings is 2. The Morgan fingerprint density at radius 3 is 2.79 bits per heavy atom. The van der Waals surface area contributed by atoms with E-state index in [-0.39, 0.29) is 41.4 Å². The Morgan fingerprint density at radius 1 is 1.36 bits per heavy atom. The number of halogens is 2. The molecule has 0 aliphatic carbocycles. The third-order valence-corrected chi connectivity index (χ3v) is 4.82. The van der Waals surface area contributed by atoms with Gasteiger partial charge in [0.15, 0.2) is 5.75 Å². The van der Waals surface area contributed by atoms with E-state index in [9.17, 15) is 14.9 Å². The van der Waals surface area contributed by atoms with Gasteiger partial charge in [-0.1, -0.05) is 29.8 Å². The fourth-order valence-electron chi connectivity index (χ4n) is 3.21. The van der Waals surface area contributed by atoms with E-state index in [0.29, 0.717) is 31.3 Å². The lowest BCUT2D eigenvalue weighted by molar-refractivity contribution is -0.385. The Hall–Kier alpha value is -2.35. The molecule has 1 unspecified atom stereocenters. The van der Waals surface area contributed by atoms with E-state index in [1.54, 1.807) is 24.0 Å². The van der Waals surface area contributed by atoms with Crippen molar-refractivity contribution in [2.45, 2.75) is 13.0 Å². The Morgan fingerprint density at radius 2 is 2.11 bits per heavy atom. The Balaban J connectivity index is 0.00000280. The summed E-state index contributed by atoms with van der Waals surface area (Å²) in [7, 11) is 0. The van der Waals surface area contributed by atoms with Crippen LogP contribution in [0.5, 0.6) is 5.75 Å². The highest BCUT2D eigenvalue weighted by Crippen LogP contribution is 2.32. The van der Waals surface area contributed by atoms with Crippen molar-refractivity contribution >= 4 is 35.6 Å². The van der Waals surface area contributed by atoms with Crippen LogP contribution in [0, 0.1) is 10.1 Å². The molecule has 2 aromatic rings. The number of carbonyl (C=O) groups excluding carboxylic acids is 1. The number of nitro benzene ring substituents is 1. The highest BCUT2D eigenvalue weighted by atomic mass is 35.5. The molecule has 9 heteroatoms. The number of ether oxygens (including phenoxy) is 1. The summed E-state index contributed by atoms with van der Waals surface area (Å²) in [6, 6.07) is 11.5. The Kier molecular flexibility index (Phi) is 7.62. The SMILES string of the molecule is CCOc1ccc(C(=O)N2CCNCC2c2ccccc2Cl)cc1[N+](=O)[O-].Cl. The number of carbonyl (C=O) groups is 1. The normalized spacial score (nSPS) is 16.2. The summed E-state index contributed by atoms with van der Waals surface area (Å²) in [4.78, 5) is 25.7. The second-order valence-electron chi connectivity index (χ2n) is 6.11. The van der Waals surface area contributed by atoms with Gasteiger partial charge in [0.25, 0.3) is 5.91 Å². The topological polar surface area (TPSA) is 84.7 Å². The van der Waals surface area contributed by atoms with Crippen molar-refractivity contribution in [1.29, 1.82) is 0 Å². The summed E-state index contributed by atoms with van der Waals surface area (Å²) >= 11 is 6.32. The molecule has 0 bridgehead atoms. The lowest BCUT2D eigenvalue weighted by atomic mass is 10.0. The quantitative estimate of drug-likeness (QED) is 0.580. The van der Waals surface area contributed by atoms with Crippen LogP contribution >= 0.6 is 24.0 Å². The van der Waals surface area contributed by atoms with Crippen LogP contribution in [0.2, 0.25) is 5.02 Å². The average Bonchev–Trinajstić information content (AvgIpc) is 2.68. The van der Waals surface area contributed by atoms with Gasteiger partial charge in [0.2, 0.25) is 0 Å². The van der Waals surface area contributed by atoms with Gasteiger partial charge in [-0.2, -0.15) is 0 Å². The largest absolute Gasteiger partial charge is 0.487 e. The third kappa shape index (κ3) is 4.55. The Bertz CT molecular complexity index is 863. The van der Waals surface area contributed by atoms with Gasteiger partial charge in [-0.25, -0.2) is 0 Å². The third-order valence-electron chi connectivity index (χ3n) is 4.47. The first-order chi connectivity index (χ1) is 13.0. The zero-order valence-corrected chi connectivity index (χ0v) is 16.8. The summed E-state index contributed by atoms with van der Waals surface area (Å²) in [5, 5.41) is 15.2. The molecule has 1 saturated heterocycles. The maximum Gasteiger partial charge on any atom is 0.311 e. The summed E-state index contributed by atoms with van der Waals surface area (Å²) in [6.45, 7) is 3.74. The fraction of sp³-hybridized carbons (Fsp3) is 0.316. The molecule has 1 fully saturated rings. The molecule has 0 aromatic heterocycles. The molecule has 1 amide bonds. The van der Waals surface area contributed by atoms with E-state index < -0.39 is 4.92 Å². The fourth-order valence-corrected chi connectivity index (χ4v) is 3.47. The second-order valence-corrected chi connectivity index (χ2v) is 6.52. The molecule has 1 aliphatic heterocycles. The monoisotopic (exact) mass is 425 g/mol. The van der Waals surface area contributed by atoms with Crippen LogP contribution in [0.25, 0.3) is 0 Å². The first-order valence-corrected chi connectivity index (χ1v) is 9.08. The van der Waals surface area contributed by atoms with Gasteiger partial charge in [0.1, 0.15) is 0 Å². The molecule has 150 valence electrons. The van der Waals surface area contributed by atoms with E-state index in [2.05, 4.69) is 5.32 Å². The van der Waals surface area contributed by atoms with Crippen LogP contribution in [0.4, 0.5) is 5.69 Å². The molecule has 0 radical (unpaired) electrons. The number of hydrogen-bond donors (Lipinski definition) is 1. The molecule has 2 aromatic carbocycles.